The number of benzene rings is 2. The van der Waals surface area contributed by atoms with E-state index in [0.717, 1.165) is 0 Å². The standard InChI is InChI=1S/C19H21NO3/c1-13(10-11-21)20-19(22)23-12-18-16-8-4-2-6-14(16)15-7-3-5-9-17(15)18/h2-9,13,18,21H,10-12H2,1H3,(H,20,22). The molecule has 3 rings (SSSR count). The number of fused-ring (bicyclic) bond motifs is 3. The predicted molar refractivity (Wildman–Crippen MR) is 89.4 cm³/mol. The Morgan fingerprint density at radius 3 is 2.26 bits per heavy atom. The molecule has 0 saturated heterocycles. The van der Waals surface area contributed by atoms with E-state index in [4.69, 9.17) is 9.84 Å². The Kier molecular flexibility index (Phi) is 4.63. The summed E-state index contributed by atoms with van der Waals surface area (Å²) in [5, 5.41) is 11.6. The summed E-state index contributed by atoms with van der Waals surface area (Å²) in [5.74, 6) is 0.0706. The van der Waals surface area contributed by atoms with Gasteiger partial charge in [-0.15, -0.1) is 0 Å². The predicted octanol–water partition coefficient (Wildman–Crippen LogP) is 3.30. The first-order chi connectivity index (χ1) is 11.2. The quantitative estimate of drug-likeness (QED) is 0.891. The lowest BCUT2D eigenvalue weighted by Crippen LogP contribution is -2.34. The Labute approximate surface area is 136 Å². The molecule has 120 valence electrons. The van der Waals surface area contributed by atoms with Crippen LogP contribution in [0.4, 0.5) is 4.79 Å². The van der Waals surface area contributed by atoms with Gasteiger partial charge >= 0.3 is 6.09 Å². The van der Waals surface area contributed by atoms with E-state index in [-0.39, 0.29) is 18.6 Å². The Hall–Kier alpha value is -2.33. The number of carbonyl (C=O) groups is 1. The highest BCUT2D eigenvalue weighted by molar-refractivity contribution is 5.79. The average Bonchev–Trinajstić information content (AvgIpc) is 2.87. The molecule has 1 atom stereocenters. The Morgan fingerprint density at radius 2 is 1.70 bits per heavy atom. The molecular formula is C19H21NO3. The molecule has 1 aliphatic carbocycles. The SMILES string of the molecule is CC(CCO)NC(=O)OCC1c2ccccc2-c2ccccc21. The molecule has 1 unspecified atom stereocenters. The second-order valence-corrected chi connectivity index (χ2v) is 5.88. The molecule has 2 aromatic carbocycles. The molecular weight excluding hydrogens is 290 g/mol. The maximum atomic E-state index is 11.9. The minimum absolute atomic E-state index is 0.0465. The summed E-state index contributed by atoms with van der Waals surface area (Å²) < 4.78 is 5.42. The fourth-order valence-electron chi connectivity index (χ4n) is 3.11. The van der Waals surface area contributed by atoms with E-state index >= 15 is 0 Å². The molecule has 0 aliphatic heterocycles. The molecule has 1 amide bonds. The minimum Gasteiger partial charge on any atom is -0.449 e. The van der Waals surface area contributed by atoms with Crippen LogP contribution in [0.3, 0.4) is 0 Å². The van der Waals surface area contributed by atoms with E-state index in [1.165, 1.54) is 22.3 Å². The Morgan fingerprint density at radius 1 is 1.13 bits per heavy atom. The number of hydrogen-bond acceptors (Lipinski definition) is 3. The number of hydrogen-bond donors (Lipinski definition) is 2. The van der Waals surface area contributed by atoms with Crippen LogP contribution in [-0.4, -0.2) is 30.5 Å². The summed E-state index contributed by atoms with van der Waals surface area (Å²) in [4.78, 5) is 11.9. The number of rotatable bonds is 5. The Bertz CT molecular complexity index is 653. The monoisotopic (exact) mass is 311 g/mol. The molecule has 0 radical (unpaired) electrons. The van der Waals surface area contributed by atoms with Crippen LogP contribution in [0.2, 0.25) is 0 Å². The van der Waals surface area contributed by atoms with Crippen molar-refractivity contribution in [3.63, 3.8) is 0 Å². The van der Waals surface area contributed by atoms with Crippen molar-refractivity contribution >= 4 is 6.09 Å². The molecule has 4 heteroatoms. The third-order valence-electron chi connectivity index (χ3n) is 4.27. The van der Waals surface area contributed by atoms with Crippen molar-refractivity contribution < 1.29 is 14.6 Å². The molecule has 0 fully saturated rings. The van der Waals surface area contributed by atoms with Gasteiger partial charge in [0.2, 0.25) is 0 Å². The van der Waals surface area contributed by atoms with Gasteiger partial charge in [0.25, 0.3) is 0 Å². The zero-order chi connectivity index (χ0) is 16.2. The molecule has 0 heterocycles. The van der Waals surface area contributed by atoms with Gasteiger partial charge < -0.3 is 15.2 Å². The first kappa shape index (κ1) is 15.6. The van der Waals surface area contributed by atoms with Crippen LogP contribution in [0.1, 0.15) is 30.4 Å². The second kappa shape index (κ2) is 6.84. The summed E-state index contributed by atoms with van der Waals surface area (Å²) in [5.41, 5.74) is 4.83. The number of aliphatic hydroxyl groups is 1. The van der Waals surface area contributed by atoms with Gasteiger partial charge in [0.05, 0.1) is 0 Å². The molecule has 0 bridgehead atoms. The van der Waals surface area contributed by atoms with Gasteiger partial charge in [-0.25, -0.2) is 4.79 Å². The topological polar surface area (TPSA) is 58.6 Å². The van der Waals surface area contributed by atoms with Gasteiger partial charge in [-0.1, -0.05) is 48.5 Å². The maximum absolute atomic E-state index is 11.9. The van der Waals surface area contributed by atoms with Gasteiger partial charge in [-0.2, -0.15) is 0 Å². The van der Waals surface area contributed by atoms with E-state index in [2.05, 4.69) is 29.6 Å². The fraction of sp³-hybridized carbons (Fsp3) is 0.316. The van der Waals surface area contributed by atoms with E-state index in [9.17, 15) is 4.79 Å². The van der Waals surface area contributed by atoms with E-state index in [0.29, 0.717) is 13.0 Å². The minimum atomic E-state index is -0.437. The number of carbonyl (C=O) groups excluding carboxylic acids is 1. The summed E-state index contributed by atoms with van der Waals surface area (Å²) in [7, 11) is 0. The lowest BCUT2D eigenvalue weighted by molar-refractivity contribution is 0.138. The number of alkyl carbamates (subject to hydrolysis) is 1. The summed E-state index contributed by atoms with van der Waals surface area (Å²) in [6, 6.07) is 16.4. The molecule has 23 heavy (non-hydrogen) atoms. The van der Waals surface area contributed by atoms with E-state index in [1.807, 2.05) is 31.2 Å². The highest BCUT2D eigenvalue weighted by Gasteiger charge is 2.29. The molecule has 2 N–H and O–H groups in total. The maximum Gasteiger partial charge on any atom is 0.407 e. The van der Waals surface area contributed by atoms with Gasteiger partial charge in [-0.05, 0) is 35.6 Å². The van der Waals surface area contributed by atoms with E-state index in [1.54, 1.807) is 0 Å². The van der Waals surface area contributed by atoms with Crippen molar-refractivity contribution in [2.24, 2.45) is 0 Å². The average molecular weight is 311 g/mol. The smallest absolute Gasteiger partial charge is 0.407 e. The first-order valence-corrected chi connectivity index (χ1v) is 7.93. The van der Waals surface area contributed by atoms with Gasteiger partial charge in [0, 0.05) is 18.6 Å². The second-order valence-electron chi connectivity index (χ2n) is 5.88. The highest BCUT2D eigenvalue weighted by atomic mass is 16.5. The first-order valence-electron chi connectivity index (χ1n) is 7.93. The van der Waals surface area contributed by atoms with Crippen LogP contribution in [0, 0.1) is 0 Å². The normalized spacial score (nSPS) is 14.0. The lowest BCUT2D eigenvalue weighted by Gasteiger charge is -2.16. The summed E-state index contributed by atoms with van der Waals surface area (Å²) >= 11 is 0. The summed E-state index contributed by atoms with van der Waals surface area (Å²) in [6.45, 7) is 2.20. The van der Waals surface area contributed by atoms with Crippen LogP contribution < -0.4 is 5.32 Å². The number of nitrogens with one attached hydrogen (secondary N) is 1. The van der Waals surface area contributed by atoms with Crippen molar-refractivity contribution in [1.29, 1.82) is 0 Å². The third-order valence-corrected chi connectivity index (χ3v) is 4.27. The van der Waals surface area contributed by atoms with Crippen molar-refractivity contribution in [3.8, 4) is 11.1 Å². The van der Waals surface area contributed by atoms with Crippen LogP contribution in [0.5, 0.6) is 0 Å². The van der Waals surface area contributed by atoms with Crippen LogP contribution in [0.25, 0.3) is 11.1 Å². The Balaban J connectivity index is 1.72. The lowest BCUT2D eigenvalue weighted by atomic mass is 9.98. The van der Waals surface area contributed by atoms with Crippen LogP contribution in [0.15, 0.2) is 48.5 Å². The van der Waals surface area contributed by atoms with Crippen molar-refractivity contribution in [3.05, 3.63) is 59.7 Å². The van der Waals surface area contributed by atoms with Gasteiger partial charge in [-0.3, -0.25) is 0 Å². The van der Waals surface area contributed by atoms with Crippen molar-refractivity contribution in [2.45, 2.75) is 25.3 Å². The third kappa shape index (κ3) is 3.22. The molecule has 0 spiro atoms. The molecule has 0 saturated carbocycles. The van der Waals surface area contributed by atoms with Gasteiger partial charge in [0.15, 0.2) is 0 Å². The molecule has 4 nitrogen and oxygen atoms in total. The van der Waals surface area contributed by atoms with E-state index < -0.39 is 6.09 Å². The van der Waals surface area contributed by atoms with Crippen LogP contribution in [-0.2, 0) is 4.74 Å². The van der Waals surface area contributed by atoms with Crippen LogP contribution >= 0.6 is 0 Å². The molecule has 1 aliphatic rings. The largest absolute Gasteiger partial charge is 0.449 e. The van der Waals surface area contributed by atoms with Crippen molar-refractivity contribution in [2.75, 3.05) is 13.2 Å². The highest BCUT2D eigenvalue weighted by Crippen LogP contribution is 2.44. The number of ether oxygens (including phenoxy) is 1. The zero-order valence-corrected chi connectivity index (χ0v) is 13.2. The molecule has 0 aromatic heterocycles. The van der Waals surface area contributed by atoms with Crippen molar-refractivity contribution in [1.82, 2.24) is 5.32 Å². The summed E-state index contributed by atoms with van der Waals surface area (Å²) in [6.07, 6.45) is 0.0808. The number of aliphatic hydroxyl groups excluding tert-OH is 1. The van der Waals surface area contributed by atoms with Gasteiger partial charge in [0.1, 0.15) is 6.61 Å². The zero-order valence-electron chi connectivity index (χ0n) is 13.2. The fourth-order valence-corrected chi connectivity index (χ4v) is 3.11. The molecule has 2 aromatic rings. The number of amides is 1.